The van der Waals surface area contributed by atoms with Crippen LogP contribution in [0.25, 0.3) is 0 Å². The first-order chi connectivity index (χ1) is 7.52. The zero-order valence-electron chi connectivity index (χ0n) is 11.2. The van der Waals surface area contributed by atoms with Gasteiger partial charge in [-0.05, 0) is 13.8 Å². The molecular weight excluding hydrogens is 331 g/mol. The molecule has 2 unspecified atom stereocenters. The predicted octanol–water partition coefficient (Wildman–Crippen LogP) is 0.590. The Balaban J connectivity index is 0.00000256. The third-order valence-electron chi connectivity index (χ3n) is 2.96. The smallest absolute Gasteiger partial charge is 0.190 e. The van der Waals surface area contributed by atoms with Gasteiger partial charge < -0.3 is 15.4 Å². The largest absolute Gasteiger partial charge is 0.379 e. The zero-order chi connectivity index (χ0) is 12.1. The molecule has 0 amide bonds. The fraction of sp³-hybridized carbons (Fsp3) is 0.909. The monoisotopic (exact) mass is 356 g/mol. The minimum Gasteiger partial charge on any atom is -0.379 e. The Hall–Kier alpha value is -0.0800. The molecule has 1 rings (SSSR count). The Morgan fingerprint density at radius 1 is 1.59 bits per heavy atom. The van der Waals surface area contributed by atoms with Crippen LogP contribution in [0.3, 0.4) is 0 Å². The summed E-state index contributed by atoms with van der Waals surface area (Å²) in [5.41, 5.74) is 5.76. The van der Waals surface area contributed by atoms with Crippen molar-refractivity contribution in [1.82, 2.24) is 9.80 Å². The van der Waals surface area contributed by atoms with Gasteiger partial charge in [0.2, 0.25) is 0 Å². The molecule has 0 bridgehead atoms. The van der Waals surface area contributed by atoms with Gasteiger partial charge in [-0.1, -0.05) is 0 Å². The lowest BCUT2D eigenvalue weighted by molar-refractivity contribution is -0.0166. The number of hydrogen-bond acceptors (Lipinski definition) is 3. The van der Waals surface area contributed by atoms with Crippen molar-refractivity contribution in [3.63, 3.8) is 0 Å². The van der Waals surface area contributed by atoms with Gasteiger partial charge in [0.25, 0.3) is 0 Å². The van der Waals surface area contributed by atoms with Crippen LogP contribution >= 0.6 is 24.0 Å². The van der Waals surface area contributed by atoms with Gasteiger partial charge in [-0.15, -0.1) is 24.0 Å². The molecule has 0 spiro atoms. The molecule has 5 nitrogen and oxygen atoms in total. The minimum absolute atomic E-state index is 0. The van der Waals surface area contributed by atoms with Crippen molar-refractivity contribution >= 4 is 29.9 Å². The van der Waals surface area contributed by atoms with Gasteiger partial charge in [0, 0.05) is 32.7 Å². The maximum atomic E-state index is 5.76. The van der Waals surface area contributed by atoms with E-state index >= 15 is 0 Å². The summed E-state index contributed by atoms with van der Waals surface area (Å²) in [6.45, 7) is 7.75. The van der Waals surface area contributed by atoms with Gasteiger partial charge in [0.15, 0.2) is 5.96 Å². The molecule has 1 aliphatic heterocycles. The SMILES string of the molecule is CC(CN=C(N)N(C)C)N1CCOCC1C.I. The number of nitrogens with two attached hydrogens (primary N) is 1. The van der Waals surface area contributed by atoms with Crippen LogP contribution < -0.4 is 5.73 Å². The van der Waals surface area contributed by atoms with E-state index in [1.165, 1.54) is 0 Å². The Morgan fingerprint density at radius 2 is 2.24 bits per heavy atom. The quantitative estimate of drug-likeness (QED) is 0.457. The van der Waals surface area contributed by atoms with E-state index in [4.69, 9.17) is 10.5 Å². The second kappa shape index (κ2) is 8.10. The van der Waals surface area contributed by atoms with E-state index in [2.05, 4.69) is 23.7 Å². The molecule has 2 N–H and O–H groups in total. The van der Waals surface area contributed by atoms with Gasteiger partial charge >= 0.3 is 0 Å². The van der Waals surface area contributed by atoms with Crippen LogP contribution in [-0.4, -0.2) is 68.2 Å². The summed E-state index contributed by atoms with van der Waals surface area (Å²) < 4.78 is 5.42. The van der Waals surface area contributed by atoms with Crippen LogP contribution in [0.15, 0.2) is 4.99 Å². The van der Waals surface area contributed by atoms with Gasteiger partial charge in [0.05, 0.1) is 19.8 Å². The van der Waals surface area contributed by atoms with Gasteiger partial charge in [-0.25, -0.2) is 0 Å². The van der Waals surface area contributed by atoms with E-state index in [1.807, 2.05) is 19.0 Å². The number of guanidine groups is 1. The Labute approximate surface area is 121 Å². The Morgan fingerprint density at radius 3 is 2.76 bits per heavy atom. The topological polar surface area (TPSA) is 54.1 Å². The molecule has 1 heterocycles. The van der Waals surface area contributed by atoms with E-state index < -0.39 is 0 Å². The molecule has 0 aromatic rings. The highest BCUT2D eigenvalue weighted by molar-refractivity contribution is 14.0. The highest BCUT2D eigenvalue weighted by Gasteiger charge is 2.23. The number of aliphatic imine (C=N–C) groups is 1. The number of hydrogen-bond donors (Lipinski definition) is 1. The maximum absolute atomic E-state index is 5.76. The van der Waals surface area contributed by atoms with E-state index in [0.29, 0.717) is 18.0 Å². The number of nitrogens with zero attached hydrogens (tertiary/aromatic N) is 3. The van der Waals surface area contributed by atoms with Crippen molar-refractivity contribution < 1.29 is 4.74 Å². The molecular formula is C11H25IN4O. The maximum Gasteiger partial charge on any atom is 0.190 e. The summed E-state index contributed by atoms with van der Waals surface area (Å²) in [5.74, 6) is 0.591. The number of halogens is 1. The summed E-state index contributed by atoms with van der Waals surface area (Å²) in [6.07, 6.45) is 0. The van der Waals surface area contributed by atoms with Crippen molar-refractivity contribution in [1.29, 1.82) is 0 Å². The third-order valence-corrected chi connectivity index (χ3v) is 2.96. The van der Waals surface area contributed by atoms with Crippen molar-refractivity contribution in [3.05, 3.63) is 0 Å². The molecule has 0 saturated carbocycles. The summed E-state index contributed by atoms with van der Waals surface area (Å²) in [4.78, 5) is 8.63. The average Bonchev–Trinajstić information content (AvgIpc) is 2.25. The van der Waals surface area contributed by atoms with Gasteiger partial charge in [-0.2, -0.15) is 0 Å². The minimum atomic E-state index is 0. The zero-order valence-corrected chi connectivity index (χ0v) is 13.5. The lowest BCUT2D eigenvalue weighted by atomic mass is 10.2. The molecule has 6 heteroatoms. The molecule has 1 saturated heterocycles. The van der Waals surface area contributed by atoms with Crippen molar-refractivity contribution in [2.75, 3.05) is 40.4 Å². The first-order valence-electron chi connectivity index (χ1n) is 5.83. The highest BCUT2D eigenvalue weighted by Crippen LogP contribution is 2.10. The van der Waals surface area contributed by atoms with Gasteiger partial charge in [0.1, 0.15) is 0 Å². The van der Waals surface area contributed by atoms with E-state index in [0.717, 1.165) is 26.3 Å². The molecule has 0 aromatic heterocycles. The van der Waals surface area contributed by atoms with Crippen LogP contribution in [0.2, 0.25) is 0 Å². The Bertz CT molecular complexity index is 248. The summed E-state index contributed by atoms with van der Waals surface area (Å²) in [7, 11) is 3.81. The van der Waals surface area contributed by atoms with E-state index in [1.54, 1.807) is 0 Å². The van der Waals surface area contributed by atoms with Crippen molar-refractivity contribution in [2.45, 2.75) is 25.9 Å². The van der Waals surface area contributed by atoms with Gasteiger partial charge in [-0.3, -0.25) is 9.89 Å². The third kappa shape index (κ3) is 5.39. The Kier molecular flexibility index (Phi) is 8.06. The predicted molar refractivity (Wildman–Crippen MR) is 82.0 cm³/mol. The number of ether oxygens (including phenoxy) is 1. The number of rotatable bonds is 3. The molecule has 1 fully saturated rings. The average molecular weight is 356 g/mol. The van der Waals surface area contributed by atoms with Crippen molar-refractivity contribution in [3.8, 4) is 0 Å². The standard InChI is InChI=1S/C11H24N4O.HI/c1-9(7-13-11(12)14(3)4)15-5-6-16-8-10(15)2;/h9-10H,5-8H2,1-4H3,(H2,12,13);1H. The molecule has 0 aliphatic carbocycles. The second-order valence-corrected chi connectivity index (χ2v) is 4.60. The lowest BCUT2D eigenvalue weighted by Gasteiger charge is -2.37. The van der Waals surface area contributed by atoms with Crippen LogP contribution in [0.5, 0.6) is 0 Å². The first-order valence-corrected chi connectivity index (χ1v) is 5.83. The fourth-order valence-corrected chi connectivity index (χ4v) is 1.87. The van der Waals surface area contributed by atoms with Crippen molar-refractivity contribution in [2.24, 2.45) is 10.7 Å². The number of morpholine rings is 1. The molecule has 0 radical (unpaired) electrons. The van der Waals surface area contributed by atoms with Crippen LogP contribution in [-0.2, 0) is 4.74 Å². The molecule has 17 heavy (non-hydrogen) atoms. The summed E-state index contributed by atoms with van der Waals surface area (Å²) in [5, 5.41) is 0. The van der Waals surface area contributed by atoms with Crippen LogP contribution in [0.1, 0.15) is 13.8 Å². The van der Waals surface area contributed by atoms with Crippen LogP contribution in [0, 0.1) is 0 Å². The molecule has 102 valence electrons. The summed E-state index contributed by atoms with van der Waals surface area (Å²) >= 11 is 0. The molecule has 2 atom stereocenters. The van der Waals surface area contributed by atoms with E-state index in [-0.39, 0.29) is 24.0 Å². The highest BCUT2D eigenvalue weighted by atomic mass is 127. The first kappa shape index (κ1) is 16.9. The second-order valence-electron chi connectivity index (χ2n) is 4.60. The van der Waals surface area contributed by atoms with Crippen LogP contribution in [0.4, 0.5) is 0 Å². The molecule has 0 aromatic carbocycles. The molecule has 1 aliphatic rings. The summed E-state index contributed by atoms with van der Waals surface area (Å²) in [6, 6.07) is 0.886. The lowest BCUT2D eigenvalue weighted by Crippen LogP contribution is -2.49. The normalized spacial score (nSPS) is 24.0. The van der Waals surface area contributed by atoms with E-state index in [9.17, 15) is 0 Å². The fourth-order valence-electron chi connectivity index (χ4n) is 1.87.